The Kier molecular flexibility index (Phi) is 5.39. The first-order valence-electron chi connectivity index (χ1n) is 6.78. The topological polar surface area (TPSA) is 38.3 Å². The molecular weight excluding hydrogens is 330 g/mol. The van der Waals surface area contributed by atoms with Crippen LogP contribution in [0.3, 0.4) is 0 Å². The molecule has 0 aromatic heterocycles. The number of hydrogen-bond donors (Lipinski definition) is 1. The molecule has 0 radical (unpaired) electrons. The van der Waals surface area contributed by atoms with Gasteiger partial charge in [0.2, 0.25) is 0 Å². The first-order chi connectivity index (χ1) is 10.1. The van der Waals surface area contributed by atoms with Gasteiger partial charge in [-0.05, 0) is 53.0 Å². The molecule has 0 spiro atoms. The average molecular weight is 348 g/mol. The second-order valence-corrected chi connectivity index (χ2v) is 5.76. The van der Waals surface area contributed by atoms with Crippen molar-refractivity contribution in [2.45, 2.75) is 19.4 Å². The molecule has 0 aliphatic heterocycles. The summed E-state index contributed by atoms with van der Waals surface area (Å²) in [6.45, 7) is 2.00. The van der Waals surface area contributed by atoms with E-state index in [0.29, 0.717) is 11.3 Å². The third-order valence-electron chi connectivity index (χ3n) is 3.18. The summed E-state index contributed by atoms with van der Waals surface area (Å²) in [6, 6.07) is 15.5. The lowest BCUT2D eigenvalue weighted by Crippen LogP contribution is -2.34. The van der Waals surface area contributed by atoms with Crippen LogP contribution in [0.2, 0.25) is 0 Å². The number of ether oxygens (including phenoxy) is 1. The van der Waals surface area contributed by atoms with Crippen LogP contribution in [0, 0.1) is 0 Å². The number of benzene rings is 2. The highest BCUT2D eigenvalue weighted by Crippen LogP contribution is 2.22. The van der Waals surface area contributed by atoms with Crippen LogP contribution in [0.25, 0.3) is 0 Å². The van der Waals surface area contributed by atoms with Gasteiger partial charge in [-0.1, -0.05) is 30.3 Å². The van der Waals surface area contributed by atoms with E-state index < -0.39 is 0 Å². The van der Waals surface area contributed by atoms with Gasteiger partial charge in [0.15, 0.2) is 0 Å². The Labute approximate surface area is 133 Å². The minimum absolute atomic E-state index is 0.0537. The molecule has 21 heavy (non-hydrogen) atoms. The van der Waals surface area contributed by atoms with Crippen LogP contribution in [0.15, 0.2) is 53.0 Å². The zero-order valence-electron chi connectivity index (χ0n) is 12.1. The Hall–Kier alpha value is -1.81. The van der Waals surface area contributed by atoms with Gasteiger partial charge in [0.1, 0.15) is 5.75 Å². The average Bonchev–Trinajstić information content (AvgIpc) is 2.48. The van der Waals surface area contributed by atoms with Gasteiger partial charge in [0.05, 0.1) is 12.7 Å². The molecule has 1 atom stereocenters. The third kappa shape index (κ3) is 4.33. The highest BCUT2D eigenvalue weighted by Gasteiger charge is 2.14. The molecule has 0 fully saturated rings. The number of rotatable bonds is 5. The maximum Gasteiger partial charge on any atom is 0.252 e. The number of methoxy groups -OCH3 is 1. The Bertz CT molecular complexity index is 613. The Morgan fingerprint density at radius 2 is 1.95 bits per heavy atom. The molecule has 2 aromatic rings. The van der Waals surface area contributed by atoms with Crippen molar-refractivity contribution in [3.05, 3.63) is 64.1 Å². The van der Waals surface area contributed by atoms with Crippen LogP contribution in [0.1, 0.15) is 22.8 Å². The maximum absolute atomic E-state index is 12.3. The molecule has 0 aliphatic carbocycles. The minimum Gasteiger partial charge on any atom is -0.497 e. The molecule has 0 heterocycles. The standard InChI is InChI=1S/C17H18BrNO2/c1-12(10-13-6-4-3-5-7-13)19-17(20)15-11-14(21-2)8-9-16(15)18/h3-9,11-12H,10H2,1-2H3,(H,19,20). The monoisotopic (exact) mass is 347 g/mol. The number of carbonyl (C=O) groups is 1. The lowest BCUT2D eigenvalue weighted by molar-refractivity contribution is 0.0939. The molecule has 2 rings (SSSR count). The molecule has 0 bridgehead atoms. The first kappa shape index (κ1) is 15.6. The van der Waals surface area contributed by atoms with E-state index in [4.69, 9.17) is 4.74 Å². The molecule has 1 unspecified atom stereocenters. The van der Waals surface area contributed by atoms with Gasteiger partial charge in [-0.2, -0.15) is 0 Å². The van der Waals surface area contributed by atoms with Crippen molar-refractivity contribution in [2.24, 2.45) is 0 Å². The SMILES string of the molecule is COc1ccc(Br)c(C(=O)NC(C)Cc2ccccc2)c1. The second kappa shape index (κ2) is 7.27. The van der Waals surface area contributed by atoms with Crippen LogP contribution in [-0.4, -0.2) is 19.1 Å². The quantitative estimate of drug-likeness (QED) is 0.892. The summed E-state index contributed by atoms with van der Waals surface area (Å²) in [4.78, 5) is 12.3. The van der Waals surface area contributed by atoms with Crippen molar-refractivity contribution >= 4 is 21.8 Å². The van der Waals surface area contributed by atoms with E-state index in [9.17, 15) is 4.79 Å². The van der Waals surface area contributed by atoms with Crippen LogP contribution < -0.4 is 10.1 Å². The Balaban J connectivity index is 2.04. The van der Waals surface area contributed by atoms with Crippen molar-refractivity contribution in [1.29, 1.82) is 0 Å². The molecule has 110 valence electrons. The summed E-state index contributed by atoms with van der Waals surface area (Å²) in [6.07, 6.45) is 0.800. The van der Waals surface area contributed by atoms with Crippen molar-refractivity contribution in [3.8, 4) is 5.75 Å². The highest BCUT2D eigenvalue weighted by molar-refractivity contribution is 9.10. The van der Waals surface area contributed by atoms with E-state index in [-0.39, 0.29) is 11.9 Å². The van der Waals surface area contributed by atoms with Crippen LogP contribution in [0.4, 0.5) is 0 Å². The van der Waals surface area contributed by atoms with Crippen LogP contribution >= 0.6 is 15.9 Å². The molecule has 3 nitrogen and oxygen atoms in total. The number of hydrogen-bond acceptors (Lipinski definition) is 2. The number of nitrogens with one attached hydrogen (secondary N) is 1. The summed E-state index contributed by atoms with van der Waals surface area (Å²) < 4.78 is 5.92. The molecular formula is C17H18BrNO2. The Morgan fingerprint density at radius 1 is 1.24 bits per heavy atom. The third-order valence-corrected chi connectivity index (χ3v) is 3.87. The fraction of sp³-hybridized carbons (Fsp3) is 0.235. The number of amides is 1. The summed E-state index contributed by atoms with van der Waals surface area (Å²) in [7, 11) is 1.59. The summed E-state index contributed by atoms with van der Waals surface area (Å²) >= 11 is 3.40. The van der Waals surface area contributed by atoms with E-state index in [1.165, 1.54) is 5.56 Å². The normalized spacial score (nSPS) is 11.8. The highest BCUT2D eigenvalue weighted by atomic mass is 79.9. The largest absolute Gasteiger partial charge is 0.497 e. The summed E-state index contributed by atoms with van der Waals surface area (Å²) in [5.74, 6) is 0.559. The van der Waals surface area contributed by atoms with Gasteiger partial charge in [0.25, 0.3) is 5.91 Å². The maximum atomic E-state index is 12.3. The van der Waals surface area contributed by atoms with Crippen LogP contribution in [-0.2, 0) is 6.42 Å². The van der Waals surface area contributed by atoms with Gasteiger partial charge in [-0.15, -0.1) is 0 Å². The molecule has 1 N–H and O–H groups in total. The lowest BCUT2D eigenvalue weighted by atomic mass is 10.1. The zero-order chi connectivity index (χ0) is 15.2. The van der Waals surface area contributed by atoms with Crippen molar-refractivity contribution in [3.63, 3.8) is 0 Å². The molecule has 2 aromatic carbocycles. The Morgan fingerprint density at radius 3 is 2.62 bits per heavy atom. The number of halogens is 1. The summed E-state index contributed by atoms with van der Waals surface area (Å²) in [5.41, 5.74) is 1.78. The van der Waals surface area contributed by atoms with E-state index >= 15 is 0 Å². The van der Waals surface area contributed by atoms with Crippen molar-refractivity contribution < 1.29 is 9.53 Å². The first-order valence-corrected chi connectivity index (χ1v) is 7.58. The zero-order valence-corrected chi connectivity index (χ0v) is 13.7. The molecule has 0 saturated heterocycles. The lowest BCUT2D eigenvalue weighted by Gasteiger charge is -2.15. The number of carbonyl (C=O) groups excluding carboxylic acids is 1. The van der Waals surface area contributed by atoms with Gasteiger partial charge in [0, 0.05) is 10.5 Å². The van der Waals surface area contributed by atoms with Crippen molar-refractivity contribution in [1.82, 2.24) is 5.32 Å². The van der Waals surface area contributed by atoms with E-state index in [0.717, 1.165) is 10.9 Å². The molecule has 0 aliphatic rings. The fourth-order valence-corrected chi connectivity index (χ4v) is 2.55. The van der Waals surface area contributed by atoms with Gasteiger partial charge in [-0.25, -0.2) is 0 Å². The van der Waals surface area contributed by atoms with Gasteiger partial charge >= 0.3 is 0 Å². The molecule has 4 heteroatoms. The predicted molar refractivity (Wildman–Crippen MR) is 87.8 cm³/mol. The summed E-state index contributed by atoms with van der Waals surface area (Å²) in [5, 5.41) is 3.01. The predicted octanol–water partition coefficient (Wildman–Crippen LogP) is 3.82. The molecule has 1 amide bonds. The van der Waals surface area contributed by atoms with Gasteiger partial charge < -0.3 is 10.1 Å². The fourth-order valence-electron chi connectivity index (χ4n) is 2.13. The van der Waals surface area contributed by atoms with Gasteiger partial charge in [-0.3, -0.25) is 4.79 Å². The van der Waals surface area contributed by atoms with E-state index in [1.54, 1.807) is 13.2 Å². The minimum atomic E-state index is -0.107. The van der Waals surface area contributed by atoms with E-state index in [2.05, 4.69) is 33.4 Å². The van der Waals surface area contributed by atoms with E-state index in [1.807, 2.05) is 37.3 Å². The van der Waals surface area contributed by atoms with Crippen LogP contribution in [0.5, 0.6) is 5.75 Å². The van der Waals surface area contributed by atoms with Crippen molar-refractivity contribution in [2.75, 3.05) is 7.11 Å². The second-order valence-electron chi connectivity index (χ2n) is 4.91. The molecule has 0 saturated carbocycles. The smallest absolute Gasteiger partial charge is 0.252 e.